The van der Waals surface area contributed by atoms with E-state index in [2.05, 4.69) is 39.5 Å². The Kier molecular flexibility index (Phi) is 1.75. The Morgan fingerprint density at radius 1 is 1.31 bits per heavy atom. The third kappa shape index (κ3) is 1.15. The summed E-state index contributed by atoms with van der Waals surface area (Å²) >= 11 is 0. The molecule has 0 N–H and O–H groups in total. The van der Waals surface area contributed by atoms with Gasteiger partial charge in [-0.05, 0) is 50.0 Å². The van der Waals surface area contributed by atoms with Crippen molar-refractivity contribution >= 4 is 0 Å². The van der Waals surface area contributed by atoms with Gasteiger partial charge in [0.15, 0.2) is 0 Å². The second-order valence-corrected chi connectivity index (χ2v) is 6.92. The largest absolute Gasteiger partial charge is 0.358 e. The number of hydrogen-bond acceptors (Lipinski definition) is 1. The fourth-order valence-corrected chi connectivity index (χ4v) is 4.12. The Balaban J connectivity index is 1.89. The van der Waals surface area contributed by atoms with Crippen LogP contribution in [0.2, 0.25) is 0 Å². The standard InChI is InChI=1S/C15H22O/c1-10(2)6-7-15-12-8-11(12)13(3,4)9-14(15,5)16-15/h6-7,11-12H,1,8-9H2,2-5H3. The van der Waals surface area contributed by atoms with E-state index in [1.54, 1.807) is 0 Å². The van der Waals surface area contributed by atoms with Crippen molar-refractivity contribution in [3.8, 4) is 0 Å². The Morgan fingerprint density at radius 2 is 2.00 bits per heavy atom. The number of ether oxygens (including phenoxy) is 1. The number of rotatable bonds is 2. The molecule has 1 saturated heterocycles. The molecule has 0 aromatic carbocycles. The molecule has 1 heterocycles. The van der Waals surface area contributed by atoms with E-state index in [1.807, 2.05) is 6.92 Å². The van der Waals surface area contributed by atoms with Crippen molar-refractivity contribution in [2.75, 3.05) is 0 Å². The Bertz CT molecular complexity index is 392. The lowest BCUT2D eigenvalue weighted by atomic mass is 9.68. The second-order valence-electron chi connectivity index (χ2n) is 6.92. The molecule has 0 aromatic rings. The highest BCUT2D eigenvalue weighted by Crippen LogP contribution is 2.75. The van der Waals surface area contributed by atoms with Crippen LogP contribution in [0.1, 0.15) is 40.5 Å². The minimum Gasteiger partial charge on any atom is -0.358 e. The van der Waals surface area contributed by atoms with E-state index in [4.69, 9.17) is 4.74 Å². The summed E-state index contributed by atoms with van der Waals surface area (Å²) in [7, 11) is 0. The van der Waals surface area contributed by atoms with Gasteiger partial charge in [-0.1, -0.05) is 32.1 Å². The first-order valence-corrected chi connectivity index (χ1v) is 6.36. The first-order chi connectivity index (χ1) is 7.31. The smallest absolute Gasteiger partial charge is 0.119 e. The van der Waals surface area contributed by atoms with Crippen LogP contribution in [0.4, 0.5) is 0 Å². The van der Waals surface area contributed by atoms with Gasteiger partial charge >= 0.3 is 0 Å². The molecule has 0 spiro atoms. The second kappa shape index (κ2) is 2.64. The highest BCUT2D eigenvalue weighted by Gasteiger charge is 2.80. The van der Waals surface area contributed by atoms with Gasteiger partial charge in [0.25, 0.3) is 0 Å². The van der Waals surface area contributed by atoms with Crippen molar-refractivity contribution < 1.29 is 4.74 Å². The maximum Gasteiger partial charge on any atom is 0.119 e. The van der Waals surface area contributed by atoms with Crippen LogP contribution in [0.25, 0.3) is 0 Å². The topological polar surface area (TPSA) is 12.5 Å². The first-order valence-electron chi connectivity index (χ1n) is 6.36. The first kappa shape index (κ1) is 10.6. The van der Waals surface area contributed by atoms with Crippen molar-refractivity contribution in [3.05, 3.63) is 24.3 Å². The molecule has 3 fully saturated rings. The summed E-state index contributed by atoms with van der Waals surface area (Å²) in [5.74, 6) is 1.63. The van der Waals surface area contributed by atoms with Crippen LogP contribution < -0.4 is 0 Å². The van der Waals surface area contributed by atoms with E-state index < -0.39 is 0 Å². The van der Waals surface area contributed by atoms with E-state index in [1.165, 1.54) is 12.8 Å². The number of fused-ring (bicyclic) bond motifs is 3. The molecule has 0 amide bonds. The van der Waals surface area contributed by atoms with Gasteiger partial charge in [-0.25, -0.2) is 0 Å². The highest BCUT2D eigenvalue weighted by molar-refractivity contribution is 5.37. The fraction of sp³-hybridized carbons (Fsp3) is 0.733. The predicted octanol–water partition coefficient (Wildman–Crippen LogP) is 3.71. The maximum atomic E-state index is 6.16. The van der Waals surface area contributed by atoms with Crippen LogP contribution in [0.3, 0.4) is 0 Å². The average Bonchev–Trinajstić information content (AvgIpc) is 2.94. The minimum absolute atomic E-state index is 0.0616. The average molecular weight is 218 g/mol. The summed E-state index contributed by atoms with van der Waals surface area (Å²) in [4.78, 5) is 0. The zero-order valence-corrected chi connectivity index (χ0v) is 10.8. The molecule has 0 radical (unpaired) electrons. The van der Waals surface area contributed by atoms with Crippen molar-refractivity contribution in [2.45, 2.75) is 51.7 Å². The van der Waals surface area contributed by atoms with Gasteiger partial charge in [-0.15, -0.1) is 0 Å². The summed E-state index contributed by atoms with van der Waals surface area (Å²) in [5.41, 5.74) is 1.75. The summed E-state index contributed by atoms with van der Waals surface area (Å²) in [6, 6.07) is 0. The molecular weight excluding hydrogens is 196 g/mol. The van der Waals surface area contributed by atoms with Gasteiger partial charge in [0.1, 0.15) is 11.2 Å². The van der Waals surface area contributed by atoms with Crippen LogP contribution in [0.5, 0.6) is 0 Å². The third-order valence-electron chi connectivity index (χ3n) is 4.93. The molecular formula is C15H22O. The molecule has 1 nitrogen and oxygen atoms in total. The number of epoxide rings is 1. The molecule has 0 aromatic heterocycles. The molecule has 4 atom stereocenters. The molecule has 2 aliphatic carbocycles. The third-order valence-corrected chi connectivity index (χ3v) is 4.93. The number of allylic oxidation sites excluding steroid dienone is 2. The van der Waals surface area contributed by atoms with Crippen LogP contribution in [-0.2, 0) is 4.74 Å². The lowest BCUT2D eigenvalue weighted by Gasteiger charge is -2.33. The van der Waals surface area contributed by atoms with Crippen molar-refractivity contribution in [2.24, 2.45) is 17.3 Å². The van der Waals surface area contributed by atoms with E-state index in [0.717, 1.165) is 17.4 Å². The zero-order valence-electron chi connectivity index (χ0n) is 10.8. The van der Waals surface area contributed by atoms with Gasteiger partial charge in [0, 0.05) is 0 Å². The quantitative estimate of drug-likeness (QED) is 0.508. The van der Waals surface area contributed by atoms with Gasteiger partial charge < -0.3 is 4.74 Å². The molecule has 3 rings (SSSR count). The van der Waals surface area contributed by atoms with Crippen LogP contribution in [0.15, 0.2) is 24.3 Å². The summed E-state index contributed by atoms with van der Waals surface area (Å²) < 4.78 is 6.16. The molecule has 2 saturated carbocycles. The Hall–Kier alpha value is -0.560. The van der Waals surface area contributed by atoms with Gasteiger partial charge in [0.2, 0.25) is 0 Å². The van der Waals surface area contributed by atoms with E-state index >= 15 is 0 Å². The normalized spacial score (nSPS) is 52.0. The fourth-order valence-electron chi connectivity index (χ4n) is 4.12. The van der Waals surface area contributed by atoms with Gasteiger partial charge in [-0.3, -0.25) is 0 Å². The zero-order chi connectivity index (χ0) is 11.8. The van der Waals surface area contributed by atoms with Crippen LogP contribution in [0, 0.1) is 17.3 Å². The molecule has 1 aliphatic heterocycles. The maximum absolute atomic E-state index is 6.16. The van der Waals surface area contributed by atoms with Crippen LogP contribution >= 0.6 is 0 Å². The van der Waals surface area contributed by atoms with E-state index in [-0.39, 0.29) is 11.2 Å². The van der Waals surface area contributed by atoms with Crippen molar-refractivity contribution in [3.63, 3.8) is 0 Å². The van der Waals surface area contributed by atoms with Gasteiger partial charge in [-0.2, -0.15) is 0 Å². The monoisotopic (exact) mass is 218 g/mol. The minimum atomic E-state index is 0.0616. The molecule has 4 unspecified atom stereocenters. The predicted molar refractivity (Wildman–Crippen MR) is 66.2 cm³/mol. The SMILES string of the molecule is C=C(C)C=CC12OC1(C)CC(C)(C)C1CC12. The lowest BCUT2D eigenvalue weighted by Crippen LogP contribution is -2.37. The van der Waals surface area contributed by atoms with Crippen LogP contribution in [-0.4, -0.2) is 11.2 Å². The molecule has 3 aliphatic rings. The van der Waals surface area contributed by atoms with Gasteiger partial charge in [0.05, 0.1) is 0 Å². The summed E-state index contributed by atoms with van der Waals surface area (Å²) in [5, 5.41) is 0. The molecule has 16 heavy (non-hydrogen) atoms. The van der Waals surface area contributed by atoms with Crippen molar-refractivity contribution in [1.82, 2.24) is 0 Å². The Morgan fingerprint density at radius 3 is 2.62 bits per heavy atom. The number of hydrogen-bond donors (Lipinski definition) is 0. The van der Waals surface area contributed by atoms with E-state index in [9.17, 15) is 0 Å². The molecule has 0 bridgehead atoms. The lowest BCUT2D eigenvalue weighted by molar-refractivity contribution is 0.185. The highest BCUT2D eigenvalue weighted by atomic mass is 16.6. The molecule has 1 heteroatoms. The van der Waals surface area contributed by atoms with E-state index in [0.29, 0.717) is 5.41 Å². The Labute approximate surface area is 98.6 Å². The van der Waals surface area contributed by atoms with Crippen molar-refractivity contribution in [1.29, 1.82) is 0 Å². The molecule has 88 valence electrons. The summed E-state index contributed by atoms with van der Waals surface area (Å²) in [6.07, 6.45) is 6.97. The summed E-state index contributed by atoms with van der Waals surface area (Å²) in [6.45, 7) is 13.1.